The molecular weight excluding hydrogens is 544 g/mol. The molecule has 0 spiro atoms. The van der Waals surface area contributed by atoms with Crippen molar-refractivity contribution in [1.82, 2.24) is 9.97 Å². The second-order valence-electron chi connectivity index (χ2n) is 6.81. The van der Waals surface area contributed by atoms with Gasteiger partial charge in [-0.05, 0) is 24.3 Å². The number of hydrogen-bond acceptors (Lipinski definition) is 6. The summed E-state index contributed by atoms with van der Waals surface area (Å²) in [6.45, 7) is 0. The van der Waals surface area contributed by atoms with E-state index in [2.05, 4.69) is 9.97 Å². The quantitative estimate of drug-likeness (QED) is 0.179. The third-order valence-corrected chi connectivity index (χ3v) is 5.72. The van der Waals surface area contributed by atoms with Gasteiger partial charge >= 0.3 is 11.2 Å². The number of benzene rings is 2. The highest BCUT2D eigenvalue weighted by molar-refractivity contribution is 6.39. The number of halogens is 4. The summed E-state index contributed by atoms with van der Waals surface area (Å²) in [4.78, 5) is 37.2. The van der Waals surface area contributed by atoms with Gasteiger partial charge in [0.2, 0.25) is 5.75 Å². The fraction of sp³-hybridized carbons (Fsp3) is 0. The van der Waals surface area contributed by atoms with Crippen LogP contribution in [0.1, 0.15) is 0 Å². The minimum absolute atomic E-state index is 0.101. The van der Waals surface area contributed by atoms with Crippen LogP contribution in [0, 0.1) is 10.1 Å². The molecule has 0 saturated carbocycles. The normalized spacial score (nSPS) is 10.4. The van der Waals surface area contributed by atoms with Gasteiger partial charge in [-0.3, -0.25) is 19.7 Å². The summed E-state index contributed by atoms with van der Waals surface area (Å²) in [5.74, 6) is -0.880. The van der Waals surface area contributed by atoms with Crippen LogP contribution in [0.25, 0.3) is 22.5 Å². The van der Waals surface area contributed by atoms with Crippen LogP contribution < -0.4 is 11.1 Å². The van der Waals surface area contributed by atoms with E-state index >= 15 is 0 Å². The summed E-state index contributed by atoms with van der Waals surface area (Å²) in [6.07, 6.45) is 0. The Morgan fingerprint density at radius 3 is 1.60 bits per heavy atom. The molecule has 0 aliphatic heterocycles. The van der Waals surface area contributed by atoms with E-state index in [9.17, 15) is 29.9 Å². The van der Waals surface area contributed by atoms with E-state index in [-0.39, 0.29) is 27.1 Å². The number of hydrogen-bond donors (Lipinski definition) is 4. The first-order chi connectivity index (χ1) is 16.5. The molecule has 0 aliphatic rings. The summed E-state index contributed by atoms with van der Waals surface area (Å²) in [7, 11) is 0. The average Bonchev–Trinajstić information content (AvgIpc) is 2.72. The molecule has 0 unspecified atom stereocenters. The second-order valence-corrected chi connectivity index (χ2v) is 8.44. The topological polar surface area (TPSA) is 149 Å². The van der Waals surface area contributed by atoms with E-state index < -0.39 is 27.5 Å². The first kappa shape index (κ1) is 26.1. The Labute approximate surface area is 216 Å². The highest BCUT2D eigenvalue weighted by atomic mass is 35.5. The Balaban J connectivity index is 0.000000198. The first-order valence-corrected chi connectivity index (χ1v) is 10.9. The zero-order valence-corrected chi connectivity index (χ0v) is 20.2. The molecular formula is C22H13Cl4N3O6. The second kappa shape index (κ2) is 10.8. The maximum absolute atomic E-state index is 11.6. The lowest BCUT2D eigenvalue weighted by atomic mass is 10.1. The van der Waals surface area contributed by atoms with E-state index in [4.69, 9.17) is 46.4 Å². The lowest BCUT2D eigenvalue weighted by Gasteiger charge is -2.07. The Kier molecular flexibility index (Phi) is 8.08. The van der Waals surface area contributed by atoms with Gasteiger partial charge in [-0.2, -0.15) is 0 Å². The third-order valence-electron chi connectivity index (χ3n) is 4.46. The summed E-state index contributed by atoms with van der Waals surface area (Å²) >= 11 is 23.9. The van der Waals surface area contributed by atoms with Crippen molar-refractivity contribution in [3.63, 3.8) is 0 Å². The molecule has 0 atom stereocenters. The molecule has 2 aromatic carbocycles. The summed E-state index contributed by atoms with van der Waals surface area (Å²) in [5.41, 5.74) is -1.09. The number of H-pyrrole nitrogens is 2. The minimum Gasteiger partial charge on any atom is -0.508 e. The molecule has 2 aromatic heterocycles. The molecule has 4 N–H and O–H groups in total. The molecule has 0 bridgehead atoms. The number of nitrogens with one attached hydrogen (secondary N) is 2. The molecule has 35 heavy (non-hydrogen) atoms. The Morgan fingerprint density at radius 1 is 0.743 bits per heavy atom. The number of rotatable bonds is 3. The van der Waals surface area contributed by atoms with Crippen LogP contribution in [-0.4, -0.2) is 25.1 Å². The minimum atomic E-state index is -1.03. The number of nitro groups is 1. The van der Waals surface area contributed by atoms with E-state index in [1.165, 1.54) is 6.07 Å². The van der Waals surface area contributed by atoms with Gasteiger partial charge in [-0.15, -0.1) is 0 Å². The van der Waals surface area contributed by atoms with Gasteiger partial charge in [0.05, 0.1) is 36.4 Å². The number of aromatic amines is 2. The fourth-order valence-corrected chi connectivity index (χ4v) is 4.23. The summed E-state index contributed by atoms with van der Waals surface area (Å²) in [6, 6.07) is 13.2. The van der Waals surface area contributed by atoms with Crippen molar-refractivity contribution in [1.29, 1.82) is 0 Å². The standard InChI is InChI=1S/C11H6Cl2N2O4.C11H7Cl2NO2/c12-5-2-1-3-6(13)9(5)7-4-8(16)10(15(18)19)11(17)14-7;12-7-2-1-3-8(13)11(7)9-4-6(15)5-10(16)14-9/h1-4H,(H2,14,16,17);1-5H,(H2,14,15,16). The smallest absolute Gasteiger partial charge is 0.375 e. The van der Waals surface area contributed by atoms with Crippen molar-refractivity contribution >= 4 is 52.1 Å². The van der Waals surface area contributed by atoms with E-state index in [0.29, 0.717) is 21.3 Å². The van der Waals surface area contributed by atoms with E-state index in [1.54, 1.807) is 36.4 Å². The molecule has 13 heteroatoms. The Morgan fingerprint density at radius 2 is 1.20 bits per heavy atom. The summed E-state index contributed by atoms with van der Waals surface area (Å²) < 4.78 is 0. The highest BCUT2D eigenvalue weighted by Crippen LogP contribution is 2.36. The van der Waals surface area contributed by atoms with Gasteiger partial charge < -0.3 is 20.2 Å². The van der Waals surface area contributed by atoms with E-state index in [1.807, 2.05) is 0 Å². The van der Waals surface area contributed by atoms with Crippen molar-refractivity contribution < 1.29 is 15.1 Å². The highest BCUT2D eigenvalue weighted by Gasteiger charge is 2.22. The number of aromatic nitrogens is 2. The third kappa shape index (κ3) is 5.95. The predicted octanol–water partition coefficient (Wildman–Crippen LogP) is 6.02. The van der Waals surface area contributed by atoms with Crippen LogP contribution in [0.5, 0.6) is 11.5 Å². The molecule has 9 nitrogen and oxygen atoms in total. The zero-order chi connectivity index (χ0) is 25.9. The lowest BCUT2D eigenvalue weighted by molar-refractivity contribution is -0.387. The monoisotopic (exact) mass is 555 g/mol. The van der Waals surface area contributed by atoms with Gasteiger partial charge in [0.1, 0.15) is 5.75 Å². The molecule has 0 fully saturated rings. The molecule has 0 saturated heterocycles. The predicted molar refractivity (Wildman–Crippen MR) is 135 cm³/mol. The van der Waals surface area contributed by atoms with Gasteiger partial charge in [0.15, 0.2) is 0 Å². The summed E-state index contributed by atoms with van der Waals surface area (Å²) in [5, 5.41) is 30.8. The van der Waals surface area contributed by atoms with Gasteiger partial charge in [-0.25, -0.2) is 0 Å². The molecule has 0 amide bonds. The SMILES string of the molecule is O=c1[nH]c(-c2c(Cl)cccc2Cl)cc(O)c1[N+](=O)[O-].O=c1cc(O)cc(-c2c(Cl)cccc2Cl)[nH]1. The number of aromatic hydroxyl groups is 2. The average molecular weight is 557 g/mol. The van der Waals surface area contributed by atoms with Crippen molar-refractivity contribution in [2.24, 2.45) is 0 Å². The van der Waals surface area contributed by atoms with Crippen LogP contribution in [-0.2, 0) is 0 Å². The fourth-order valence-electron chi connectivity index (χ4n) is 3.02. The largest absolute Gasteiger partial charge is 0.508 e. The van der Waals surface area contributed by atoms with Crippen LogP contribution >= 0.6 is 46.4 Å². The van der Waals surface area contributed by atoms with Crippen molar-refractivity contribution in [3.8, 4) is 34.0 Å². The number of pyridine rings is 2. The van der Waals surface area contributed by atoms with Crippen LogP contribution in [0.2, 0.25) is 20.1 Å². The van der Waals surface area contributed by atoms with Crippen molar-refractivity contribution in [3.05, 3.63) is 106 Å². The molecule has 0 radical (unpaired) electrons. The molecule has 2 heterocycles. The van der Waals surface area contributed by atoms with E-state index in [0.717, 1.165) is 12.1 Å². The zero-order valence-electron chi connectivity index (χ0n) is 17.2. The van der Waals surface area contributed by atoms with Crippen molar-refractivity contribution in [2.75, 3.05) is 0 Å². The molecule has 0 aliphatic carbocycles. The van der Waals surface area contributed by atoms with Crippen molar-refractivity contribution in [2.45, 2.75) is 0 Å². The number of nitrogens with zero attached hydrogens (tertiary/aromatic N) is 1. The first-order valence-electron chi connectivity index (χ1n) is 9.42. The Bertz CT molecular complexity index is 1510. The Hall–Kier alpha value is -3.50. The van der Waals surface area contributed by atoms with Gasteiger partial charge in [0, 0.05) is 29.3 Å². The van der Waals surface area contributed by atoms with Gasteiger partial charge in [0.25, 0.3) is 5.56 Å². The molecule has 4 aromatic rings. The van der Waals surface area contributed by atoms with Crippen LogP contribution in [0.3, 0.4) is 0 Å². The molecule has 4 rings (SSSR count). The maximum Gasteiger partial charge on any atom is 0.375 e. The van der Waals surface area contributed by atoms with Gasteiger partial charge in [-0.1, -0.05) is 58.5 Å². The lowest BCUT2D eigenvalue weighted by Crippen LogP contribution is -2.12. The van der Waals surface area contributed by atoms with Crippen LogP contribution in [0.15, 0.2) is 64.2 Å². The van der Waals surface area contributed by atoms with Crippen LogP contribution in [0.4, 0.5) is 5.69 Å². The maximum atomic E-state index is 11.6. The molecule has 180 valence electrons.